The van der Waals surface area contributed by atoms with Crippen LogP contribution in [0.4, 0.5) is 11.6 Å². The number of carbonyl (C=O) groups is 1. The molecule has 0 saturated heterocycles. The highest BCUT2D eigenvalue weighted by molar-refractivity contribution is 5.90. The lowest BCUT2D eigenvalue weighted by atomic mass is 9.94. The number of carbonyl (C=O) groups excluding carboxylic acids is 1. The molecule has 8 heteroatoms. The van der Waals surface area contributed by atoms with Crippen molar-refractivity contribution in [2.45, 2.75) is 26.7 Å². The zero-order chi connectivity index (χ0) is 19.7. The van der Waals surface area contributed by atoms with Crippen molar-refractivity contribution in [3.63, 3.8) is 0 Å². The van der Waals surface area contributed by atoms with Crippen molar-refractivity contribution in [1.82, 2.24) is 15.1 Å². The van der Waals surface area contributed by atoms with Gasteiger partial charge in [0.15, 0.2) is 0 Å². The maximum absolute atomic E-state index is 12.1. The molecule has 3 aromatic rings. The number of benzene rings is 1. The Bertz CT molecular complexity index is 1040. The lowest BCUT2D eigenvalue weighted by Gasteiger charge is -2.16. The quantitative estimate of drug-likeness (QED) is 0.672. The number of aryl methyl sites for hydroxylation is 2. The summed E-state index contributed by atoms with van der Waals surface area (Å²) in [6.45, 7) is 4.02. The molecular formula is C20H20N4O4. The highest BCUT2D eigenvalue weighted by atomic mass is 16.6. The average Bonchev–Trinajstić information content (AvgIpc) is 3.14. The highest BCUT2D eigenvalue weighted by Crippen LogP contribution is 2.35. The normalized spacial score (nSPS) is 12.1. The summed E-state index contributed by atoms with van der Waals surface area (Å²) in [6, 6.07) is 5.82. The van der Waals surface area contributed by atoms with Gasteiger partial charge in [-0.2, -0.15) is 0 Å². The van der Waals surface area contributed by atoms with Crippen LogP contribution in [0.1, 0.15) is 34.2 Å². The minimum Gasteiger partial charge on any atom is -0.495 e. The molecule has 2 aromatic heterocycles. The molecule has 1 aliphatic carbocycles. The second kappa shape index (κ2) is 7.30. The van der Waals surface area contributed by atoms with Crippen molar-refractivity contribution in [3.05, 3.63) is 46.8 Å². The van der Waals surface area contributed by atoms with E-state index in [0.29, 0.717) is 35.9 Å². The van der Waals surface area contributed by atoms with Gasteiger partial charge in [0.2, 0.25) is 11.7 Å². The first-order chi connectivity index (χ1) is 13.6. The zero-order valence-corrected chi connectivity index (χ0v) is 15.9. The topological polar surface area (TPSA) is 99.4 Å². The Hall–Kier alpha value is -3.42. The minimum absolute atomic E-state index is 0.149. The molecule has 0 radical (unpaired) electrons. The number of esters is 1. The first-order valence-corrected chi connectivity index (χ1v) is 9.04. The van der Waals surface area contributed by atoms with E-state index in [0.717, 1.165) is 22.4 Å². The van der Waals surface area contributed by atoms with E-state index in [1.54, 1.807) is 20.2 Å². The molecule has 1 N–H and O–H groups in total. The van der Waals surface area contributed by atoms with Gasteiger partial charge in [-0.3, -0.25) is 0 Å². The number of fused-ring (bicyclic) bond motifs is 3. The fraction of sp³-hybridized carbons (Fsp3) is 0.300. The van der Waals surface area contributed by atoms with E-state index >= 15 is 0 Å². The van der Waals surface area contributed by atoms with E-state index in [2.05, 4.69) is 20.4 Å². The zero-order valence-electron chi connectivity index (χ0n) is 15.9. The maximum Gasteiger partial charge on any atom is 0.377 e. The first-order valence-electron chi connectivity index (χ1n) is 9.04. The minimum atomic E-state index is -0.503. The van der Waals surface area contributed by atoms with E-state index in [4.69, 9.17) is 14.0 Å². The Morgan fingerprint density at radius 2 is 2.14 bits per heavy atom. The third kappa shape index (κ3) is 3.17. The lowest BCUT2D eigenvalue weighted by molar-refractivity contribution is 0.0478. The van der Waals surface area contributed by atoms with E-state index in [1.807, 2.05) is 25.1 Å². The molecule has 0 unspecified atom stereocenters. The number of rotatable bonds is 5. The summed E-state index contributed by atoms with van der Waals surface area (Å²) in [7, 11) is 1.62. The molecular weight excluding hydrogens is 360 g/mol. The van der Waals surface area contributed by atoms with Crippen LogP contribution in [0.15, 0.2) is 28.9 Å². The molecule has 1 aromatic carbocycles. The van der Waals surface area contributed by atoms with Gasteiger partial charge in [0.1, 0.15) is 17.1 Å². The van der Waals surface area contributed by atoms with Crippen molar-refractivity contribution in [2.24, 2.45) is 0 Å². The van der Waals surface area contributed by atoms with Crippen LogP contribution in [0.3, 0.4) is 0 Å². The van der Waals surface area contributed by atoms with Crippen LogP contribution in [0.5, 0.6) is 5.75 Å². The van der Waals surface area contributed by atoms with Crippen molar-refractivity contribution in [2.75, 3.05) is 19.0 Å². The Balaban J connectivity index is 1.69. The predicted octanol–water partition coefficient (Wildman–Crippen LogP) is 3.47. The molecule has 0 aliphatic heterocycles. The maximum atomic E-state index is 12.1. The Labute approximate surface area is 161 Å². The summed E-state index contributed by atoms with van der Waals surface area (Å²) in [5, 5.41) is 7.26. The van der Waals surface area contributed by atoms with Crippen molar-refractivity contribution in [3.8, 4) is 17.1 Å². The Morgan fingerprint density at radius 3 is 2.93 bits per heavy atom. The highest BCUT2D eigenvalue weighted by Gasteiger charge is 2.30. The molecule has 1 aliphatic rings. The lowest BCUT2D eigenvalue weighted by Crippen LogP contribution is -2.12. The van der Waals surface area contributed by atoms with Crippen LogP contribution in [0, 0.1) is 6.92 Å². The third-order valence-electron chi connectivity index (χ3n) is 4.59. The third-order valence-corrected chi connectivity index (χ3v) is 4.59. The van der Waals surface area contributed by atoms with Gasteiger partial charge in [-0.15, -0.1) is 0 Å². The number of methoxy groups -OCH3 is 1. The van der Waals surface area contributed by atoms with Crippen LogP contribution in [-0.2, 0) is 17.6 Å². The summed E-state index contributed by atoms with van der Waals surface area (Å²) in [4.78, 5) is 21.1. The van der Waals surface area contributed by atoms with Gasteiger partial charge in [0.25, 0.3) is 0 Å². The molecule has 144 valence electrons. The number of anilines is 2. The van der Waals surface area contributed by atoms with Crippen molar-refractivity contribution >= 4 is 17.6 Å². The molecule has 2 heterocycles. The van der Waals surface area contributed by atoms with Crippen LogP contribution in [0.25, 0.3) is 11.4 Å². The van der Waals surface area contributed by atoms with Crippen molar-refractivity contribution < 1.29 is 18.8 Å². The van der Waals surface area contributed by atoms with Gasteiger partial charge in [-0.25, -0.2) is 14.8 Å². The van der Waals surface area contributed by atoms with Crippen LogP contribution < -0.4 is 10.1 Å². The van der Waals surface area contributed by atoms with Gasteiger partial charge in [0, 0.05) is 11.8 Å². The number of hydrogen-bond donors (Lipinski definition) is 1. The molecule has 8 nitrogen and oxygen atoms in total. The average molecular weight is 380 g/mol. The molecule has 4 rings (SSSR count). The van der Waals surface area contributed by atoms with E-state index in [9.17, 15) is 4.79 Å². The number of nitrogens with zero attached hydrogens (tertiary/aromatic N) is 3. The number of ether oxygens (including phenoxy) is 2. The van der Waals surface area contributed by atoms with Gasteiger partial charge < -0.3 is 19.3 Å². The van der Waals surface area contributed by atoms with Crippen LogP contribution in [-0.4, -0.2) is 34.8 Å². The standard InChI is InChI=1S/C20H20N4O4/c1-4-27-19(25)18-13-7-6-12-10-21-20(23-16(12)17(13)24-28-18)22-14-8-5-11(2)9-15(14)26-3/h5,8-10H,4,6-7H2,1-3H3,(H,21,22,23). The summed E-state index contributed by atoms with van der Waals surface area (Å²) < 4.78 is 15.7. The second-order valence-electron chi connectivity index (χ2n) is 6.46. The molecule has 0 amide bonds. The van der Waals surface area contributed by atoms with Crippen LogP contribution in [0.2, 0.25) is 0 Å². The number of aromatic nitrogens is 3. The second-order valence-corrected chi connectivity index (χ2v) is 6.46. The summed E-state index contributed by atoms with van der Waals surface area (Å²) in [5.41, 5.74) is 4.75. The van der Waals surface area contributed by atoms with E-state index in [-0.39, 0.29) is 12.4 Å². The number of nitrogens with one attached hydrogen (secondary N) is 1. The van der Waals surface area contributed by atoms with Crippen molar-refractivity contribution in [1.29, 1.82) is 0 Å². The molecule has 28 heavy (non-hydrogen) atoms. The number of hydrogen-bond acceptors (Lipinski definition) is 8. The molecule has 0 saturated carbocycles. The molecule has 0 spiro atoms. The monoisotopic (exact) mass is 380 g/mol. The summed E-state index contributed by atoms with van der Waals surface area (Å²) >= 11 is 0. The van der Waals surface area contributed by atoms with E-state index in [1.165, 1.54) is 0 Å². The van der Waals surface area contributed by atoms with Gasteiger partial charge >= 0.3 is 5.97 Å². The summed E-state index contributed by atoms with van der Waals surface area (Å²) in [5.74, 6) is 0.759. The van der Waals surface area contributed by atoms with Crippen LogP contribution >= 0.6 is 0 Å². The van der Waals surface area contributed by atoms with Gasteiger partial charge in [0.05, 0.1) is 19.4 Å². The van der Waals surface area contributed by atoms with Gasteiger partial charge in [-0.1, -0.05) is 11.2 Å². The Kier molecular flexibility index (Phi) is 4.68. The van der Waals surface area contributed by atoms with Gasteiger partial charge in [-0.05, 0) is 49.9 Å². The fourth-order valence-corrected chi connectivity index (χ4v) is 3.22. The Morgan fingerprint density at radius 1 is 1.29 bits per heavy atom. The molecule has 0 atom stereocenters. The molecule has 0 bridgehead atoms. The SMILES string of the molecule is CCOC(=O)c1onc2c1CCc1cnc(Nc3ccc(C)cc3OC)nc1-2. The van der Waals surface area contributed by atoms with E-state index < -0.39 is 5.97 Å². The smallest absolute Gasteiger partial charge is 0.377 e. The molecule has 0 fully saturated rings. The predicted molar refractivity (Wildman–Crippen MR) is 102 cm³/mol. The first kappa shape index (κ1) is 18.0. The fourth-order valence-electron chi connectivity index (χ4n) is 3.22. The largest absolute Gasteiger partial charge is 0.495 e. The summed E-state index contributed by atoms with van der Waals surface area (Å²) in [6.07, 6.45) is 3.10.